The van der Waals surface area contributed by atoms with Gasteiger partial charge in [0.25, 0.3) is 0 Å². The number of rotatable bonds is 5. The van der Waals surface area contributed by atoms with Crippen molar-refractivity contribution in [2.45, 2.75) is 97.2 Å². The lowest BCUT2D eigenvalue weighted by atomic mass is 9.41. The van der Waals surface area contributed by atoms with Gasteiger partial charge in [0.15, 0.2) is 0 Å². The zero-order valence-electron chi connectivity index (χ0n) is 19.2. The minimum Gasteiger partial charge on any atom is -0.450 e. The van der Waals surface area contributed by atoms with Crippen LogP contribution in [0.1, 0.15) is 85.0 Å². The van der Waals surface area contributed by atoms with Crippen LogP contribution in [-0.2, 0) is 4.74 Å². The molecule has 0 radical (unpaired) electrons. The van der Waals surface area contributed by atoms with Crippen molar-refractivity contribution in [2.24, 2.45) is 52.1 Å². The second-order valence-electron chi connectivity index (χ2n) is 11.5. The number of hydrogen-bond acceptors (Lipinski definition) is 4. The molecule has 4 fully saturated rings. The number of primary amides is 1. The molecule has 4 N–H and O–H groups in total. The third kappa shape index (κ3) is 3.48. The van der Waals surface area contributed by atoms with Crippen LogP contribution in [-0.4, -0.2) is 35.1 Å². The number of aliphatic hydroxyl groups is 2. The van der Waals surface area contributed by atoms with E-state index in [1.807, 2.05) is 0 Å². The van der Waals surface area contributed by atoms with E-state index in [4.69, 9.17) is 10.5 Å². The van der Waals surface area contributed by atoms with Gasteiger partial charge in [0.05, 0.1) is 18.8 Å². The highest BCUT2D eigenvalue weighted by molar-refractivity contribution is 5.64. The summed E-state index contributed by atoms with van der Waals surface area (Å²) in [5, 5.41) is 22.1. The van der Waals surface area contributed by atoms with Gasteiger partial charge < -0.3 is 20.7 Å². The van der Waals surface area contributed by atoms with Crippen LogP contribution in [0.2, 0.25) is 0 Å². The Morgan fingerprint density at radius 1 is 1.03 bits per heavy atom. The predicted molar refractivity (Wildman–Crippen MR) is 117 cm³/mol. The Balaban J connectivity index is 1.54. The van der Waals surface area contributed by atoms with Gasteiger partial charge in [-0.2, -0.15) is 0 Å². The molecule has 5 nitrogen and oxygen atoms in total. The standard InChI is InChI=1S/C25H43NO4/c1-4-17-20-14-16(27)9-11-25(20,3)19-10-12-24(2)15(6-5-13-30-23(26)29)7-8-18(24)21(19)22(17)28/h15-22,27-28H,4-14H2,1-3H3,(H2,26,29)/t15-,16+,17+,18-,19?,20-,21-,22+,24?,25+/m0/s1. The summed E-state index contributed by atoms with van der Waals surface area (Å²) in [7, 11) is 0. The van der Waals surface area contributed by atoms with E-state index < -0.39 is 6.09 Å². The molecular formula is C25H43NO4. The summed E-state index contributed by atoms with van der Waals surface area (Å²) >= 11 is 0. The van der Waals surface area contributed by atoms with E-state index in [1.54, 1.807) is 0 Å². The number of amides is 1. The van der Waals surface area contributed by atoms with Gasteiger partial charge in [-0.1, -0.05) is 27.2 Å². The number of hydrogen-bond donors (Lipinski definition) is 3. The van der Waals surface area contributed by atoms with E-state index in [0.717, 1.165) is 38.5 Å². The van der Waals surface area contributed by atoms with E-state index in [9.17, 15) is 15.0 Å². The summed E-state index contributed by atoms with van der Waals surface area (Å²) in [6, 6.07) is 0. The van der Waals surface area contributed by atoms with Crippen LogP contribution in [0, 0.1) is 46.3 Å². The number of ether oxygens (including phenoxy) is 1. The van der Waals surface area contributed by atoms with E-state index in [1.165, 1.54) is 25.7 Å². The highest BCUT2D eigenvalue weighted by Gasteiger charge is 2.64. The first-order valence-electron chi connectivity index (χ1n) is 12.5. The van der Waals surface area contributed by atoms with Gasteiger partial charge in [0.2, 0.25) is 0 Å². The van der Waals surface area contributed by atoms with Crippen LogP contribution < -0.4 is 5.73 Å². The van der Waals surface area contributed by atoms with Crippen molar-refractivity contribution in [3.63, 3.8) is 0 Å². The first-order chi connectivity index (χ1) is 14.2. The third-order valence-electron chi connectivity index (χ3n) is 10.5. The highest BCUT2D eigenvalue weighted by atomic mass is 16.5. The average molecular weight is 422 g/mol. The molecule has 0 bridgehead atoms. The lowest BCUT2D eigenvalue weighted by Gasteiger charge is -2.64. The molecule has 4 rings (SSSR count). The molecule has 172 valence electrons. The van der Waals surface area contributed by atoms with Gasteiger partial charge in [-0.15, -0.1) is 0 Å². The molecule has 4 aliphatic carbocycles. The van der Waals surface area contributed by atoms with Gasteiger partial charge >= 0.3 is 6.09 Å². The summed E-state index contributed by atoms with van der Waals surface area (Å²) in [6.07, 6.45) is 9.68. The van der Waals surface area contributed by atoms with Gasteiger partial charge in [-0.3, -0.25) is 0 Å². The molecule has 0 spiro atoms. The maximum absolute atomic E-state index is 11.7. The fraction of sp³-hybridized carbons (Fsp3) is 0.960. The normalized spacial score (nSPS) is 50.3. The Morgan fingerprint density at radius 3 is 2.43 bits per heavy atom. The smallest absolute Gasteiger partial charge is 0.404 e. The Kier molecular flexibility index (Phi) is 6.17. The quantitative estimate of drug-likeness (QED) is 0.570. The molecule has 4 saturated carbocycles. The van der Waals surface area contributed by atoms with Crippen LogP contribution in [0.3, 0.4) is 0 Å². The van der Waals surface area contributed by atoms with Crippen molar-refractivity contribution < 1.29 is 19.7 Å². The van der Waals surface area contributed by atoms with E-state index in [0.29, 0.717) is 42.1 Å². The predicted octanol–water partition coefficient (Wildman–Crippen LogP) is 4.49. The van der Waals surface area contributed by atoms with Crippen molar-refractivity contribution >= 4 is 6.09 Å². The minimum absolute atomic E-state index is 0.187. The van der Waals surface area contributed by atoms with Crippen molar-refractivity contribution in [3.8, 4) is 0 Å². The van der Waals surface area contributed by atoms with E-state index in [2.05, 4.69) is 20.8 Å². The van der Waals surface area contributed by atoms with Gasteiger partial charge in [-0.05, 0) is 104 Å². The molecule has 0 aromatic heterocycles. The molecular weight excluding hydrogens is 378 g/mol. The lowest BCUT2D eigenvalue weighted by molar-refractivity contribution is -0.202. The number of nitrogens with two attached hydrogens (primary N) is 1. The second-order valence-corrected chi connectivity index (χ2v) is 11.5. The number of aliphatic hydroxyl groups excluding tert-OH is 2. The SMILES string of the molecule is CC[C@H]1[C@@H](O)[C@@H]2C(CCC3(C)[C@@H](CCCOC(N)=O)CC[C@@H]23)[C@@]2(C)CC[C@@H](O)C[C@@H]12. The van der Waals surface area contributed by atoms with Crippen LogP contribution >= 0.6 is 0 Å². The zero-order valence-corrected chi connectivity index (χ0v) is 19.2. The molecule has 1 amide bonds. The Bertz CT molecular complexity index is 641. The van der Waals surface area contributed by atoms with Crippen LogP contribution in [0.4, 0.5) is 4.79 Å². The zero-order chi connectivity index (χ0) is 21.7. The Labute approximate surface area is 182 Å². The lowest BCUT2D eigenvalue weighted by Crippen LogP contribution is -2.62. The molecule has 0 aromatic rings. The highest BCUT2D eigenvalue weighted by Crippen LogP contribution is 2.69. The fourth-order valence-electron chi connectivity index (χ4n) is 9.04. The largest absolute Gasteiger partial charge is 0.450 e. The Morgan fingerprint density at radius 2 is 1.73 bits per heavy atom. The minimum atomic E-state index is -0.678. The number of carbonyl (C=O) groups is 1. The van der Waals surface area contributed by atoms with Crippen molar-refractivity contribution in [3.05, 3.63) is 0 Å². The van der Waals surface area contributed by atoms with Gasteiger partial charge in [-0.25, -0.2) is 4.79 Å². The first kappa shape index (κ1) is 22.4. The van der Waals surface area contributed by atoms with E-state index in [-0.39, 0.29) is 23.0 Å². The molecule has 2 unspecified atom stereocenters. The molecule has 4 aliphatic rings. The second kappa shape index (κ2) is 8.27. The summed E-state index contributed by atoms with van der Waals surface area (Å²) in [5.74, 6) is 2.99. The maximum atomic E-state index is 11.7. The molecule has 10 atom stereocenters. The fourth-order valence-corrected chi connectivity index (χ4v) is 9.04. The average Bonchev–Trinajstić information content (AvgIpc) is 3.03. The van der Waals surface area contributed by atoms with Crippen LogP contribution in [0.25, 0.3) is 0 Å². The summed E-state index contributed by atoms with van der Waals surface area (Å²) in [4.78, 5) is 10.9. The monoisotopic (exact) mass is 421 g/mol. The molecule has 0 heterocycles. The molecule has 30 heavy (non-hydrogen) atoms. The van der Waals surface area contributed by atoms with E-state index >= 15 is 0 Å². The van der Waals surface area contributed by atoms with Crippen LogP contribution in [0.15, 0.2) is 0 Å². The maximum Gasteiger partial charge on any atom is 0.404 e. The Hall–Kier alpha value is -0.810. The topological polar surface area (TPSA) is 92.8 Å². The molecule has 0 saturated heterocycles. The number of carbonyl (C=O) groups excluding carboxylic acids is 1. The third-order valence-corrected chi connectivity index (χ3v) is 10.5. The van der Waals surface area contributed by atoms with Gasteiger partial charge in [0, 0.05) is 0 Å². The first-order valence-corrected chi connectivity index (χ1v) is 12.5. The number of fused-ring (bicyclic) bond motifs is 5. The van der Waals surface area contributed by atoms with Gasteiger partial charge in [0.1, 0.15) is 0 Å². The molecule has 0 aliphatic heterocycles. The summed E-state index contributed by atoms with van der Waals surface area (Å²) in [5.41, 5.74) is 5.65. The summed E-state index contributed by atoms with van der Waals surface area (Å²) in [6.45, 7) is 7.62. The van der Waals surface area contributed by atoms with Crippen LogP contribution in [0.5, 0.6) is 0 Å². The van der Waals surface area contributed by atoms with Crippen molar-refractivity contribution in [1.82, 2.24) is 0 Å². The summed E-state index contributed by atoms with van der Waals surface area (Å²) < 4.78 is 4.96. The van der Waals surface area contributed by atoms with Crippen molar-refractivity contribution in [1.29, 1.82) is 0 Å². The molecule has 5 heteroatoms. The van der Waals surface area contributed by atoms with Crippen molar-refractivity contribution in [2.75, 3.05) is 6.61 Å². The molecule has 0 aromatic carbocycles.